The van der Waals surface area contributed by atoms with Crippen LogP contribution in [-0.2, 0) is 11.3 Å². The van der Waals surface area contributed by atoms with Gasteiger partial charge in [0.05, 0.1) is 20.2 Å². The van der Waals surface area contributed by atoms with Crippen LogP contribution in [0.5, 0.6) is 5.75 Å². The Hall–Kier alpha value is -1.80. The van der Waals surface area contributed by atoms with Crippen molar-refractivity contribution in [2.45, 2.75) is 32.4 Å². The lowest BCUT2D eigenvalue weighted by Gasteiger charge is -2.32. The summed E-state index contributed by atoms with van der Waals surface area (Å²) in [5.74, 6) is 1.71. The molecule has 27 heavy (non-hydrogen) atoms. The van der Waals surface area contributed by atoms with Crippen LogP contribution in [0.1, 0.15) is 25.3 Å². The summed E-state index contributed by atoms with van der Waals surface area (Å²) < 4.78 is 6.44. The molecular formula is C19H30BrN5O2. The third-order valence-corrected chi connectivity index (χ3v) is 5.06. The number of likely N-dealkylation sites (N-methyl/N-ethyl adjacent to an activating group) is 1. The number of halogens is 1. The van der Waals surface area contributed by atoms with E-state index in [4.69, 9.17) is 9.73 Å². The van der Waals surface area contributed by atoms with Crippen molar-refractivity contribution in [1.29, 1.82) is 0 Å². The first-order valence-corrected chi connectivity index (χ1v) is 10.1. The molecule has 1 amide bonds. The fourth-order valence-corrected chi connectivity index (χ4v) is 3.47. The number of hydrogen-bond donors (Lipinski definition) is 3. The topological polar surface area (TPSA) is 78.0 Å². The monoisotopic (exact) mass is 439 g/mol. The second-order valence-corrected chi connectivity index (χ2v) is 7.43. The number of ether oxygens (including phenoxy) is 1. The summed E-state index contributed by atoms with van der Waals surface area (Å²) in [6, 6.07) is 6.29. The van der Waals surface area contributed by atoms with Crippen LogP contribution in [0.4, 0.5) is 0 Å². The lowest BCUT2D eigenvalue weighted by molar-refractivity contribution is -0.122. The largest absolute Gasteiger partial charge is 0.496 e. The molecule has 1 heterocycles. The number of rotatable bonds is 7. The van der Waals surface area contributed by atoms with E-state index in [1.165, 1.54) is 0 Å². The molecule has 8 heteroatoms. The highest BCUT2D eigenvalue weighted by Gasteiger charge is 2.21. The Morgan fingerprint density at radius 3 is 2.74 bits per heavy atom. The van der Waals surface area contributed by atoms with Crippen molar-refractivity contribution in [3.05, 3.63) is 28.2 Å². The Morgan fingerprint density at radius 2 is 2.11 bits per heavy atom. The van der Waals surface area contributed by atoms with Crippen LogP contribution in [0.3, 0.4) is 0 Å². The Labute approximate surface area is 170 Å². The number of methoxy groups -OCH3 is 1. The number of nitrogens with zero attached hydrogens (tertiary/aromatic N) is 2. The van der Waals surface area contributed by atoms with E-state index in [2.05, 4.69) is 43.7 Å². The number of aliphatic imine (C=N–C) groups is 1. The average molecular weight is 440 g/mol. The predicted octanol–water partition coefficient (Wildman–Crippen LogP) is 1.72. The van der Waals surface area contributed by atoms with Crippen molar-refractivity contribution < 1.29 is 9.53 Å². The number of amides is 1. The van der Waals surface area contributed by atoms with Gasteiger partial charge in [0.25, 0.3) is 0 Å². The number of benzene rings is 1. The Morgan fingerprint density at radius 1 is 1.37 bits per heavy atom. The zero-order valence-corrected chi connectivity index (χ0v) is 17.9. The molecule has 1 aromatic rings. The molecule has 1 saturated heterocycles. The van der Waals surface area contributed by atoms with Crippen LogP contribution in [0.15, 0.2) is 27.7 Å². The summed E-state index contributed by atoms with van der Waals surface area (Å²) in [4.78, 5) is 18.4. The van der Waals surface area contributed by atoms with Crippen molar-refractivity contribution in [3.63, 3.8) is 0 Å². The number of nitrogens with one attached hydrogen (secondary N) is 3. The van der Waals surface area contributed by atoms with E-state index in [0.717, 1.165) is 54.2 Å². The number of carbonyl (C=O) groups excluding carboxylic acids is 1. The van der Waals surface area contributed by atoms with E-state index in [1.807, 2.05) is 18.2 Å². The number of carbonyl (C=O) groups is 1. The molecule has 1 aliphatic rings. The molecule has 0 bridgehead atoms. The second kappa shape index (κ2) is 11.1. The van der Waals surface area contributed by atoms with E-state index in [-0.39, 0.29) is 5.91 Å². The van der Waals surface area contributed by atoms with Crippen LogP contribution in [0, 0.1) is 0 Å². The van der Waals surface area contributed by atoms with E-state index >= 15 is 0 Å². The molecule has 150 valence electrons. The van der Waals surface area contributed by atoms with Gasteiger partial charge in [0.15, 0.2) is 5.96 Å². The van der Waals surface area contributed by atoms with Gasteiger partial charge in [-0.15, -0.1) is 0 Å². The highest BCUT2D eigenvalue weighted by molar-refractivity contribution is 9.10. The average Bonchev–Trinajstić information content (AvgIpc) is 2.67. The molecule has 3 N–H and O–H groups in total. The maximum absolute atomic E-state index is 11.5. The number of piperidine rings is 1. The first kappa shape index (κ1) is 21.5. The summed E-state index contributed by atoms with van der Waals surface area (Å²) in [7, 11) is 3.35. The minimum Gasteiger partial charge on any atom is -0.496 e. The zero-order chi connectivity index (χ0) is 19.6. The highest BCUT2D eigenvalue weighted by Crippen LogP contribution is 2.23. The molecule has 1 aliphatic heterocycles. The van der Waals surface area contributed by atoms with Gasteiger partial charge in [0.2, 0.25) is 5.91 Å². The van der Waals surface area contributed by atoms with Gasteiger partial charge in [-0.1, -0.05) is 15.9 Å². The smallest absolute Gasteiger partial charge is 0.233 e. The number of hydrogen-bond acceptors (Lipinski definition) is 4. The lowest BCUT2D eigenvalue weighted by atomic mass is 10.1. The van der Waals surface area contributed by atoms with Gasteiger partial charge < -0.3 is 20.7 Å². The molecule has 0 aromatic heterocycles. The SMILES string of the molecule is CCNC(=NCc1cc(Br)ccc1OC)NC1CCN(CC(=O)NC)CC1. The molecule has 1 fully saturated rings. The fraction of sp³-hybridized carbons (Fsp3) is 0.579. The van der Waals surface area contributed by atoms with Gasteiger partial charge in [0, 0.05) is 42.8 Å². The van der Waals surface area contributed by atoms with Crippen LogP contribution in [0.2, 0.25) is 0 Å². The molecule has 7 nitrogen and oxygen atoms in total. The first-order chi connectivity index (χ1) is 13.0. The molecule has 0 spiro atoms. The molecule has 0 atom stereocenters. The highest BCUT2D eigenvalue weighted by atomic mass is 79.9. The van der Waals surface area contributed by atoms with Gasteiger partial charge >= 0.3 is 0 Å². The Kier molecular flexibility index (Phi) is 8.87. The minimum atomic E-state index is 0.0688. The summed E-state index contributed by atoms with van der Waals surface area (Å²) in [5.41, 5.74) is 1.03. The molecule has 1 aromatic carbocycles. The molecular weight excluding hydrogens is 410 g/mol. The molecule has 2 rings (SSSR count). The van der Waals surface area contributed by atoms with Crippen molar-refractivity contribution >= 4 is 27.8 Å². The maximum Gasteiger partial charge on any atom is 0.233 e. The van der Waals surface area contributed by atoms with Crippen LogP contribution in [-0.4, -0.2) is 63.1 Å². The first-order valence-electron chi connectivity index (χ1n) is 9.35. The van der Waals surface area contributed by atoms with Crippen LogP contribution in [0.25, 0.3) is 0 Å². The zero-order valence-electron chi connectivity index (χ0n) is 16.3. The van der Waals surface area contributed by atoms with E-state index in [0.29, 0.717) is 19.1 Å². The van der Waals surface area contributed by atoms with Crippen LogP contribution < -0.4 is 20.7 Å². The third kappa shape index (κ3) is 7.03. The molecule has 0 saturated carbocycles. The normalized spacial score (nSPS) is 16.1. The second-order valence-electron chi connectivity index (χ2n) is 6.52. The van der Waals surface area contributed by atoms with Gasteiger partial charge in [0.1, 0.15) is 5.75 Å². The van der Waals surface area contributed by atoms with E-state index in [9.17, 15) is 4.79 Å². The fourth-order valence-electron chi connectivity index (χ4n) is 3.07. The standard InChI is InChI=1S/C19H30BrN5O2/c1-4-22-19(23-12-14-11-15(20)5-6-17(14)27-3)24-16-7-9-25(10-8-16)13-18(26)21-2/h5-6,11,16H,4,7-10,12-13H2,1-3H3,(H,21,26)(H2,22,23,24). The predicted molar refractivity (Wildman–Crippen MR) is 112 cm³/mol. The summed E-state index contributed by atoms with van der Waals surface area (Å²) in [6.45, 7) is 5.68. The minimum absolute atomic E-state index is 0.0688. The van der Waals surface area contributed by atoms with E-state index < -0.39 is 0 Å². The van der Waals surface area contributed by atoms with Gasteiger partial charge in [-0.25, -0.2) is 4.99 Å². The van der Waals surface area contributed by atoms with Crippen molar-refractivity contribution in [3.8, 4) is 5.75 Å². The van der Waals surface area contributed by atoms with Crippen molar-refractivity contribution in [2.24, 2.45) is 4.99 Å². The third-order valence-electron chi connectivity index (χ3n) is 4.57. The summed E-state index contributed by atoms with van der Waals surface area (Å²) >= 11 is 3.50. The number of guanidine groups is 1. The molecule has 0 radical (unpaired) electrons. The molecule has 0 unspecified atom stereocenters. The van der Waals surface area contributed by atoms with Crippen LogP contribution >= 0.6 is 15.9 Å². The summed E-state index contributed by atoms with van der Waals surface area (Å²) in [6.07, 6.45) is 1.98. The van der Waals surface area contributed by atoms with Gasteiger partial charge in [-0.05, 0) is 38.0 Å². The maximum atomic E-state index is 11.5. The Balaban J connectivity index is 1.93. The van der Waals surface area contributed by atoms with Crippen molar-refractivity contribution in [2.75, 3.05) is 40.3 Å². The lowest BCUT2D eigenvalue weighted by Crippen LogP contribution is -2.50. The van der Waals surface area contributed by atoms with E-state index in [1.54, 1.807) is 14.2 Å². The quantitative estimate of drug-likeness (QED) is 0.445. The number of likely N-dealkylation sites (tertiary alicyclic amines) is 1. The summed E-state index contributed by atoms with van der Waals surface area (Å²) in [5, 5.41) is 9.52. The van der Waals surface area contributed by atoms with Crippen molar-refractivity contribution in [1.82, 2.24) is 20.9 Å². The molecule has 0 aliphatic carbocycles. The Bertz CT molecular complexity index is 645. The van der Waals surface area contributed by atoms with Gasteiger partial charge in [-0.3, -0.25) is 9.69 Å². The van der Waals surface area contributed by atoms with Gasteiger partial charge in [-0.2, -0.15) is 0 Å².